The van der Waals surface area contributed by atoms with Crippen LogP contribution in [-0.4, -0.2) is 24.2 Å². The van der Waals surface area contributed by atoms with Crippen molar-refractivity contribution in [3.63, 3.8) is 0 Å². The van der Waals surface area contributed by atoms with Crippen LogP contribution in [0.1, 0.15) is 20.7 Å². The maximum absolute atomic E-state index is 11.3. The molecule has 1 N–H and O–H groups in total. The Labute approximate surface area is 130 Å². The van der Waals surface area contributed by atoms with E-state index in [-0.39, 0.29) is 5.56 Å². The van der Waals surface area contributed by atoms with E-state index in [1.807, 2.05) is 0 Å². The van der Waals surface area contributed by atoms with Crippen molar-refractivity contribution in [3.05, 3.63) is 58.6 Å². The first-order valence-electron chi connectivity index (χ1n) is 5.90. The Morgan fingerprint density at radius 3 is 2.24 bits per heavy atom. The number of hydrogen-bond donors (Lipinski definition) is 1. The van der Waals surface area contributed by atoms with Gasteiger partial charge in [0.1, 0.15) is 0 Å². The molecule has 0 aliphatic carbocycles. The Morgan fingerprint density at radius 1 is 1.10 bits per heavy atom. The Hall–Kier alpha value is -1.98. The number of ether oxygens (including phenoxy) is 1. The Bertz CT molecular complexity index is 683. The van der Waals surface area contributed by atoms with Crippen molar-refractivity contribution in [1.82, 2.24) is 0 Å². The van der Waals surface area contributed by atoms with E-state index in [2.05, 4.69) is 4.74 Å². The number of methoxy groups -OCH3 is 1. The summed E-state index contributed by atoms with van der Waals surface area (Å²) in [5, 5.41) is 9.26. The number of halogens is 1. The highest BCUT2D eigenvalue weighted by atomic mass is 35.5. The molecule has 0 fully saturated rings. The van der Waals surface area contributed by atoms with E-state index in [0.717, 1.165) is 9.79 Å². The van der Waals surface area contributed by atoms with E-state index in [1.54, 1.807) is 30.3 Å². The molecule has 2 rings (SSSR count). The van der Waals surface area contributed by atoms with Crippen molar-refractivity contribution in [2.24, 2.45) is 0 Å². The van der Waals surface area contributed by atoms with Crippen molar-refractivity contribution in [3.8, 4) is 0 Å². The lowest BCUT2D eigenvalue weighted by Gasteiger charge is -2.06. The van der Waals surface area contributed by atoms with Gasteiger partial charge in [-0.2, -0.15) is 0 Å². The zero-order valence-corrected chi connectivity index (χ0v) is 12.6. The maximum Gasteiger partial charge on any atom is 0.337 e. The summed E-state index contributed by atoms with van der Waals surface area (Å²) < 4.78 is 4.63. The van der Waals surface area contributed by atoms with E-state index in [9.17, 15) is 9.59 Å². The monoisotopic (exact) mass is 322 g/mol. The van der Waals surface area contributed by atoms with Crippen molar-refractivity contribution in [2.75, 3.05) is 7.11 Å². The van der Waals surface area contributed by atoms with Gasteiger partial charge >= 0.3 is 11.9 Å². The second kappa shape index (κ2) is 6.65. The van der Waals surface area contributed by atoms with Crippen molar-refractivity contribution in [1.29, 1.82) is 0 Å². The van der Waals surface area contributed by atoms with Crippen molar-refractivity contribution < 1.29 is 19.4 Å². The topological polar surface area (TPSA) is 63.6 Å². The standard InChI is InChI=1S/C15H11ClO4S/c1-20-15(19)9-2-5-11(6-3-9)21-13-7-4-10(14(17)18)8-12(13)16/h2-8H,1H3,(H,17,18). The third-order valence-electron chi connectivity index (χ3n) is 2.68. The maximum atomic E-state index is 11.3. The summed E-state index contributed by atoms with van der Waals surface area (Å²) in [5.41, 5.74) is 0.611. The molecule has 0 spiro atoms. The van der Waals surface area contributed by atoms with E-state index >= 15 is 0 Å². The Morgan fingerprint density at radius 2 is 1.71 bits per heavy atom. The van der Waals surface area contributed by atoms with Crippen LogP contribution in [-0.2, 0) is 4.74 Å². The fourth-order valence-corrected chi connectivity index (χ4v) is 2.74. The fourth-order valence-electron chi connectivity index (χ4n) is 1.62. The lowest BCUT2D eigenvalue weighted by atomic mass is 10.2. The summed E-state index contributed by atoms with van der Waals surface area (Å²) >= 11 is 7.45. The number of aromatic carboxylic acids is 1. The molecule has 0 aliphatic rings. The molecule has 4 nitrogen and oxygen atoms in total. The first-order valence-corrected chi connectivity index (χ1v) is 7.10. The number of carboxylic acids is 1. The molecule has 2 aromatic rings. The first-order chi connectivity index (χ1) is 10.0. The number of carbonyl (C=O) groups is 2. The number of rotatable bonds is 4. The van der Waals surface area contributed by atoms with E-state index < -0.39 is 11.9 Å². The molecule has 0 unspecified atom stereocenters. The zero-order valence-electron chi connectivity index (χ0n) is 11.0. The number of benzene rings is 2. The van der Waals surface area contributed by atoms with Gasteiger partial charge in [0.25, 0.3) is 0 Å². The van der Waals surface area contributed by atoms with Crippen molar-refractivity contribution in [2.45, 2.75) is 9.79 Å². The van der Waals surface area contributed by atoms with E-state index in [1.165, 1.54) is 31.0 Å². The van der Waals surface area contributed by atoms with Gasteiger partial charge < -0.3 is 9.84 Å². The van der Waals surface area contributed by atoms with Gasteiger partial charge in [-0.15, -0.1) is 0 Å². The summed E-state index contributed by atoms with van der Waals surface area (Å²) in [5.74, 6) is -1.41. The molecule has 0 aromatic heterocycles. The molecular formula is C15H11ClO4S. The van der Waals surface area contributed by atoms with Crippen LogP contribution in [0.15, 0.2) is 52.3 Å². The van der Waals surface area contributed by atoms with Gasteiger partial charge in [0.2, 0.25) is 0 Å². The van der Waals surface area contributed by atoms with E-state index in [0.29, 0.717) is 10.6 Å². The van der Waals surface area contributed by atoms with Gasteiger partial charge in [0, 0.05) is 9.79 Å². The first kappa shape index (κ1) is 15.4. The van der Waals surface area contributed by atoms with Gasteiger partial charge in [0.15, 0.2) is 0 Å². The highest BCUT2D eigenvalue weighted by Gasteiger charge is 2.09. The average molecular weight is 323 g/mol. The molecule has 0 aliphatic heterocycles. The average Bonchev–Trinajstić information content (AvgIpc) is 2.49. The summed E-state index contributed by atoms with van der Waals surface area (Å²) in [6, 6.07) is 11.4. The number of carbonyl (C=O) groups excluding carboxylic acids is 1. The summed E-state index contributed by atoms with van der Waals surface area (Å²) in [6.07, 6.45) is 0. The SMILES string of the molecule is COC(=O)c1ccc(Sc2ccc(C(=O)O)cc2Cl)cc1. The van der Waals surface area contributed by atoms with Crippen LogP contribution >= 0.6 is 23.4 Å². The molecule has 108 valence electrons. The fraction of sp³-hybridized carbons (Fsp3) is 0.0667. The normalized spacial score (nSPS) is 10.2. The van der Waals surface area contributed by atoms with Gasteiger partial charge in [-0.05, 0) is 42.5 Å². The van der Waals surface area contributed by atoms with Crippen LogP contribution in [0.3, 0.4) is 0 Å². The molecule has 0 radical (unpaired) electrons. The summed E-state index contributed by atoms with van der Waals surface area (Å²) in [7, 11) is 1.33. The van der Waals surface area contributed by atoms with Crippen LogP contribution in [0.25, 0.3) is 0 Å². The number of carboxylic acid groups (broad SMARTS) is 1. The molecular weight excluding hydrogens is 312 g/mol. The smallest absolute Gasteiger partial charge is 0.337 e. The molecule has 0 heterocycles. The second-order valence-corrected chi connectivity index (χ2v) is 5.59. The molecule has 0 atom stereocenters. The molecule has 2 aromatic carbocycles. The minimum atomic E-state index is -1.02. The highest BCUT2D eigenvalue weighted by molar-refractivity contribution is 7.99. The number of esters is 1. The predicted octanol–water partition coefficient (Wildman–Crippen LogP) is 3.98. The highest BCUT2D eigenvalue weighted by Crippen LogP contribution is 2.34. The van der Waals surface area contributed by atoms with E-state index in [4.69, 9.17) is 16.7 Å². The van der Waals surface area contributed by atoms with Crippen LogP contribution in [0, 0.1) is 0 Å². The molecule has 0 saturated carbocycles. The summed E-state index contributed by atoms with van der Waals surface area (Å²) in [6.45, 7) is 0. The third-order valence-corrected chi connectivity index (χ3v) is 4.19. The van der Waals surface area contributed by atoms with Crippen LogP contribution in [0.2, 0.25) is 5.02 Å². The molecule has 0 bridgehead atoms. The molecule has 0 saturated heterocycles. The van der Waals surface area contributed by atoms with Gasteiger partial charge in [-0.1, -0.05) is 23.4 Å². The van der Waals surface area contributed by atoms with Crippen LogP contribution in [0.5, 0.6) is 0 Å². The van der Waals surface area contributed by atoms with Crippen LogP contribution in [0.4, 0.5) is 0 Å². The quantitative estimate of drug-likeness (QED) is 0.863. The van der Waals surface area contributed by atoms with Gasteiger partial charge in [0.05, 0.1) is 23.3 Å². The minimum Gasteiger partial charge on any atom is -0.478 e. The van der Waals surface area contributed by atoms with Crippen molar-refractivity contribution >= 4 is 35.3 Å². The third kappa shape index (κ3) is 3.77. The number of hydrogen-bond acceptors (Lipinski definition) is 4. The Kier molecular flexibility index (Phi) is 4.88. The lowest BCUT2D eigenvalue weighted by Crippen LogP contribution is -2.00. The largest absolute Gasteiger partial charge is 0.478 e. The lowest BCUT2D eigenvalue weighted by molar-refractivity contribution is 0.0599. The predicted molar refractivity (Wildman–Crippen MR) is 80.3 cm³/mol. The van der Waals surface area contributed by atoms with Gasteiger partial charge in [-0.25, -0.2) is 9.59 Å². The second-order valence-electron chi connectivity index (χ2n) is 4.07. The summed E-state index contributed by atoms with van der Waals surface area (Å²) in [4.78, 5) is 23.8. The molecule has 6 heteroatoms. The zero-order chi connectivity index (χ0) is 15.4. The van der Waals surface area contributed by atoms with Crippen LogP contribution < -0.4 is 0 Å². The Balaban J connectivity index is 2.18. The molecule has 0 amide bonds. The van der Waals surface area contributed by atoms with Gasteiger partial charge in [-0.3, -0.25) is 0 Å². The molecule has 21 heavy (non-hydrogen) atoms. The minimum absolute atomic E-state index is 0.144.